The molecule has 1 atom stereocenters. The number of hydrogen-bond donors (Lipinski definition) is 1. The van der Waals surface area contributed by atoms with Crippen molar-refractivity contribution >= 4 is 23.2 Å². The standard InChI is InChI=1S/C17H19N3O3S/c1-9-11(17(22)23)7-8-13(18-9)16(21)20(3)14-6-4-5-12-15(14)24-10(2)19-12/h7-8,14H,4-6H2,1-3H3,(H,22,23). The molecule has 126 valence electrons. The fraction of sp³-hybridized carbons (Fsp3) is 0.412. The smallest absolute Gasteiger partial charge is 0.337 e. The first-order valence-electron chi connectivity index (χ1n) is 7.82. The molecule has 1 aliphatic rings. The summed E-state index contributed by atoms with van der Waals surface area (Å²) in [5.74, 6) is -1.23. The molecule has 1 unspecified atom stereocenters. The van der Waals surface area contributed by atoms with Crippen molar-refractivity contribution in [2.45, 2.75) is 39.2 Å². The van der Waals surface area contributed by atoms with Crippen molar-refractivity contribution < 1.29 is 14.7 Å². The molecule has 2 aromatic heterocycles. The molecular weight excluding hydrogens is 326 g/mol. The molecule has 7 heteroatoms. The second-order valence-electron chi connectivity index (χ2n) is 6.00. The highest BCUT2D eigenvalue weighted by atomic mass is 32.1. The van der Waals surface area contributed by atoms with Gasteiger partial charge < -0.3 is 10.0 Å². The van der Waals surface area contributed by atoms with E-state index in [0.717, 1.165) is 34.8 Å². The van der Waals surface area contributed by atoms with E-state index in [2.05, 4.69) is 9.97 Å². The number of carboxylic acid groups (broad SMARTS) is 1. The van der Waals surface area contributed by atoms with Crippen LogP contribution in [-0.4, -0.2) is 38.9 Å². The van der Waals surface area contributed by atoms with Crippen LogP contribution in [0.3, 0.4) is 0 Å². The van der Waals surface area contributed by atoms with E-state index in [1.807, 2.05) is 6.92 Å². The van der Waals surface area contributed by atoms with Crippen LogP contribution in [0.15, 0.2) is 12.1 Å². The van der Waals surface area contributed by atoms with Gasteiger partial charge in [0.25, 0.3) is 5.91 Å². The van der Waals surface area contributed by atoms with Crippen molar-refractivity contribution in [3.8, 4) is 0 Å². The Kier molecular flexibility index (Phi) is 4.36. The number of aryl methyl sites for hydroxylation is 3. The Balaban J connectivity index is 1.88. The SMILES string of the molecule is Cc1nc2c(s1)C(N(C)C(=O)c1ccc(C(=O)O)c(C)n1)CCC2. The van der Waals surface area contributed by atoms with Gasteiger partial charge in [-0.1, -0.05) is 0 Å². The van der Waals surface area contributed by atoms with Crippen LogP contribution in [0.1, 0.15) is 61.0 Å². The van der Waals surface area contributed by atoms with Crippen LogP contribution in [0.25, 0.3) is 0 Å². The molecule has 0 saturated heterocycles. The summed E-state index contributed by atoms with van der Waals surface area (Å²) in [6.45, 7) is 3.59. The highest BCUT2D eigenvalue weighted by Gasteiger charge is 2.30. The van der Waals surface area contributed by atoms with E-state index >= 15 is 0 Å². The number of pyridine rings is 1. The summed E-state index contributed by atoms with van der Waals surface area (Å²) in [5, 5.41) is 10.1. The second kappa shape index (κ2) is 6.32. The van der Waals surface area contributed by atoms with Crippen molar-refractivity contribution in [3.05, 3.63) is 44.7 Å². The summed E-state index contributed by atoms with van der Waals surface area (Å²) < 4.78 is 0. The lowest BCUT2D eigenvalue weighted by Gasteiger charge is -2.30. The van der Waals surface area contributed by atoms with E-state index in [9.17, 15) is 9.59 Å². The van der Waals surface area contributed by atoms with Crippen LogP contribution in [0, 0.1) is 13.8 Å². The molecule has 0 aromatic carbocycles. The summed E-state index contributed by atoms with van der Waals surface area (Å²) >= 11 is 1.65. The summed E-state index contributed by atoms with van der Waals surface area (Å²) in [6.07, 6.45) is 2.87. The van der Waals surface area contributed by atoms with Gasteiger partial charge in [-0.2, -0.15) is 0 Å². The number of aromatic nitrogens is 2. The number of amides is 1. The third-order valence-corrected chi connectivity index (χ3v) is 5.47. The van der Waals surface area contributed by atoms with Crippen LogP contribution < -0.4 is 0 Å². The third-order valence-electron chi connectivity index (χ3n) is 4.35. The largest absolute Gasteiger partial charge is 0.478 e. The Hall–Kier alpha value is -2.28. The van der Waals surface area contributed by atoms with Crippen LogP contribution in [-0.2, 0) is 6.42 Å². The molecule has 1 amide bonds. The van der Waals surface area contributed by atoms with Gasteiger partial charge in [0.1, 0.15) is 5.69 Å². The van der Waals surface area contributed by atoms with Gasteiger partial charge in [-0.3, -0.25) is 4.79 Å². The molecule has 24 heavy (non-hydrogen) atoms. The number of carboxylic acids is 1. The average Bonchev–Trinajstić information content (AvgIpc) is 2.93. The number of aromatic carboxylic acids is 1. The summed E-state index contributed by atoms with van der Waals surface area (Å²) in [7, 11) is 1.78. The highest BCUT2D eigenvalue weighted by molar-refractivity contribution is 7.11. The second-order valence-corrected chi connectivity index (χ2v) is 7.24. The summed E-state index contributed by atoms with van der Waals surface area (Å²) in [5.41, 5.74) is 1.83. The molecule has 0 radical (unpaired) electrons. The summed E-state index contributed by atoms with van der Waals surface area (Å²) in [6, 6.07) is 2.93. The molecule has 0 saturated carbocycles. The minimum absolute atomic E-state index is 0.00806. The topological polar surface area (TPSA) is 83.4 Å². The Morgan fingerprint density at radius 3 is 2.71 bits per heavy atom. The van der Waals surface area contributed by atoms with E-state index in [0.29, 0.717) is 5.69 Å². The molecule has 2 heterocycles. The first-order valence-corrected chi connectivity index (χ1v) is 8.64. The zero-order valence-corrected chi connectivity index (χ0v) is 14.7. The Morgan fingerprint density at radius 2 is 2.04 bits per heavy atom. The quantitative estimate of drug-likeness (QED) is 0.924. The molecule has 3 rings (SSSR count). The number of thiazole rings is 1. The van der Waals surface area contributed by atoms with E-state index in [1.165, 1.54) is 12.1 Å². The van der Waals surface area contributed by atoms with Gasteiger partial charge in [0, 0.05) is 7.05 Å². The number of hydrogen-bond acceptors (Lipinski definition) is 5. The molecule has 0 spiro atoms. The lowest BCUT2D eigenvalue weighted by atomic mass is 9.96. The number of carbonyl (C=O) groups is 2. The van der Waals surface area contributed by atoms with Crippen molar-refractivity contribution in [1.29, 1.82) is 0 Å². The first-order chi connectivity index (χ1) is 11.4. The zero-order valence-electron chi connectivity index (χ0n) is 13.9. The normalized spacial score (nSPS) is 16.5. The summed E-state index contributed by atoms with van der Waals surface area (Å²) in [4.78, 5) is 35.5. The van der Waals surface area contributed by atoms with Crippen LogP contribution in [0.4, 0.5) is 0 Å². The first kappa shape index (κ1) is 16.6. The van der Waals surface area contributed by atoms with Crippen molar-refractivity contribution in [1.82, 2.24) is 14.9 Å². The zero-order chi connectivity index (χ0) is 17.4. The van der Waals surface area contributed by atoms with E-state index in [1.54, 1.807) is 30.2 Å². The van der Waals surface area contributed by atoms with Gasteiger partial charge in [-0.25, -0.2) is 14.8 Å². The molecule has 6 nitrogen and oxygen atoms in total. The van der Waals surface area contributed by atoms with Gasteiger partial charge in [0.15, 0.2) is 0 Å². The Bertz CT molecular complexity index is 815. The van der Waals surface area contributed by atoms with Crippen molar-refractivity contribution in [2.24, 2.45) is 0 Å². The highest BCUT2D eigenvalue weighted by Crippen LogP contribution is 2.37. The molecule has 1 N–H and O–H groups in total. The van der Waals surface area contributed by atoms with Gasteiger partial charge in [-0.05, 0) is 45.2 Å². The maximum atomic E-state index is 12.8. The van der Waals surface area contributed by atoms with Gasteiger partial charge in [0.2, 0.25) is 0 Å². The predicted molar refractivity (Wildman–Crippen MR) is 90.6 cm³/mol. The van der Waals surface area contributed by atoms with Crippen LogP contribution in [0.2, 0.25) is 0 Å². The molecule has 0 bridgehead atoms. The lowest BCUT2D eigenvalue weighted by Crippen LogP contribution is -2.33. The number of nitrogens with zero attached hydrogens (tertiary/aromatic N) is 3. The van der Waals surface area contributed by atoms with Gasteiger partial charge in [-0.15, -0.1) is 11.3 Å². The van der Waals surface area contributed by atoms with Gasteiger partial charge in [0.05, 0.1) is 32.9 Å². The molecular formula is C17H19N3O3S. The predicted octanol–water partition coefficient (Wildman–Crippen LogP) is 3.00. The minimum atomic E-state index is -1.04. The Morgan fingerprint density at radius 1 is 1.29 bits per heavy atom. The fourth-order valence-corrected chi connectivity index (χ4v) is 4.27. The molecule has 2 aromatic rings. The molecule has 0 aliphatic heterocycles. The van der Waals surface area contributed by atoms with E-state index < -0.39 is 5.97 Å². The average molecular weight is 345 g/mol. The molecule has 1 aliphatic carbocycles. The van der Waals surface area contributed by atoms with E-state index in [4.69, 9.17) is 5.11 Å². The number of rotatable bonds is 3. The maximum absolute atomic E-state index is 12.8. The van der Waals surface area contributed by atoms with Crippen LogP contribution in [0.5, 0.6) is 0 Å². The maximum Gasteiger partial charge on any atom is 0.337 e. The molecule has 0 fully saturated rings. The number of fused-ring (bicyclic) bond motifs is 1. The van der Waals surface area contributed by atoms with Crippen molar-refractivity contribution in [2.75, 3.05) is 7.05 Å². The van der Waals surface area contributed by atoms with Gasteiger partial charge >= 0.3 is 5.97 Å². The third kappa shape index (κ3) is 2.91. The Labute approximate surface area is 144 Å². The lowest BCUT2D eigenvalue weighted by molar-refractivity contribution is 0.0686. The minimum Gasteiger partial charge on any atom is -0.478 e. The fourth-order valence-electron chi connectivity index (χ4n) is 3.12. The van der Waals surface area contributed by atoms with Crippen LogP contribution >= 0.6 is 11.3 Å². The monoisotopic (exact) mass is 345 g/mol. The number of carbonyl (C=O) groups excluding carboxylic acids is 1. The van der Waals surface area contributed by atoms with Crippen molar-refractivity contribution in [3.63, 3.8) is 0 Å². The van der Waals surface area contributed by atoms with E-state index in [-0.39, 0.29) is 23.2 Å².